The van der Waals surface area contributed by atoms with E-state index in [9.17, 15) is 9.59 Å². The Hall–Kier alpha value is -2.28. The van der Waals surface area contributed by atoms with E-state index in [4.69, 9.17) is 4.42 Å². The zero-order valence-electron chi connectivity index (χ0n) is 14.1. The van der Waals surface area contributed by atoms with Gasteiger partial charge in [0, 0.05) is 30.9 Å². The monoisotopic (exact) mass is 361 g/mol. The molecule has 0 unspecified atom stereocenters. The molecule has 3 rings (SSSR count). The SMILES string of the molecule is O=C1CCCN1CCCNC(=O)N(Cc1ccco1)Cc1cccs1. The average Bonchev–Trinajstić information content (AvgIpc) is 3.35. The van der Waals surface area contributed by atoms with Gasteiger partial charge in [0.1, 0.15) is 5.76 Å². The first kappa shape index (κ1) is 17.5. The normalized spacial score (nSPS) is 14.1. The summed E-state index contributed by atoms with van der Waals surface area (Å²) in [5, 5.41) is 4.96. The molecule has 3 amide bonds. The number of rotatable bonds is 8. The summed E-state index contributed by atoms with van der Waals surface area (Å²) >= 11 is 1.63. The first-order valence-electron chi connectivity index (χ1n) is 8.57. The highest BCUT2D eigenvalue weighted by molar-refractivity contribution is 7.09. The van der Waals surface area contributed by atoms with E-state index < -0.39 is 0 Å². The van der Waals surface area contributed by atoms with E-state index in [0.717, 1.165) is 30.0 Å². The standard InChI is InChI=1S/C18H23N3O3S/c22-17-7-1-9-20(17)10-4-8-19-18(23)21(13-15-5-2-11-24-15)14-16-6-3-12-25-16/h2-3,5-6,11-12H,1,4,7-10,13-14H2,(H,19,23). The largest absolute Gasteiger partial charge is 0.467 e. The van der Waals surface area contributed by atoms with Crippen LogP contribution in [-0.2, 0) is 17.9 Å². The fourth-order valence-corrected chi connectivity index (χ4v) is 3.62. The molecule has 2 aromatic heterocycles. The van der Waals surface area contributed by atoms with Crippen molar-refractivity contribution in [1.29, 1.82) is 0 Å². The summed E-state index contributed by atoms with van der Waals surface area (Å²) in [6.45, 7) is 3.09. The minimum absolute atomic E-state index is 0.113. The summed E-state index contributed by atoms with van der Waals surface area (Å²) in [4.78, 5) is 28.9. The molecule has 6 nitrogen and oxygen atoms in total. The lowest BCUT2D eigenvalue weighted by atomic mass is 10.3. The van der Waals surface area contributed by atoms with E-state index in [1.807, 2.05) is 34.5 Å². The van der Waals surface area contributed by atoms with Crippen molar-refractivity contribution in [3.05, 3.63) is 46.5 Å². The zero-order chi connectivity index (χ0) is 17.5. The average molecular weight is 361 g/mol. The second-order valence-electron chi connectivity index (χ2n) is 6.08. The Bertz CT molecular complexity index is 634. The summed E-state index contributed by atoms with van der Waals surface area (Å²) in [5.74, 6) is 0.984. The number of nitrogens with one attached hydrogen (secondary N) is 1. The first-order valence-corrected chi connectivity index (χ1v) is 9.45. The molecule has 0 spiro atoms. The Morgan fingerprint density at radius 1 is 1.32 bits per heavy atom. The topological polar surface area (TPSA) is 65.8 Å². The van der Waals surface area contributed by atoms with E-state index in [2.05, 4.69) is 5.32 Å². The highest BCUT2D eigenvalue weighted by Gasteiger charge is 2.20. The highest BCUT2D eigenvalue weighted by atomic mass is 32.1. The molecule has 1 fully saturated rings. The quantitative estimate of drug-likeness (QED) is 0.735. The summed E-state index contributed by atoms with van der Waals surface area (Å²) in [7, 11) is 0. The molecule has 0 aliphatic carbocycles. The zero-order valence-corrected chi connectivity index (χ0v) is 15.0. The maximum absolute atomic E-state index is 12.6. The van der Waals surface area contributed by atoms with E-state index >= 15 is 0 Å². The molecule has 2 aromatic rings. The second kappa shape index (κ2) is 8.71. The molecule has 3 heterocycles. The number of carbonyl (C=O) groups is 2. The van der Waals surface area contributed by atoms with Crippen molar-refractivity contribution < 1.29 is 14.0 Å². The van der Waals surface area contributed by atoms with Crippen LogP contribution in [0.25, 0.3) is 0 Å². The number of nitrogens with zero attached hydrogens (tertiary/aromatic N) is 2. The number of thiophene rings is 1. The number of hydrogen-bond acceptors (Lipinski definition) is 4. The Kier molecular flexibility index (Phi) is 6.11. The van der Waals surface area contributed by atoms with Crippen LogP contribution in [0.2, 0.25) is 0 Å². The minimum atomic E-state index is -0.113. The summed E-state index contributed by atoms with van der Waals surface area (Å²) in [6, 6.07) is 7.58. The molecule has 0 saturated carbocycles. The van der Waals surface area contributed by atoms with Gasteiger partial charge in [0.25, 0.3) is 0 Å². The van der Waals surface area contributed by atoms with Gasteiger partial charge in [0.15, 0.2) is 0 Å². The van der Waals surface area contributed by atoms with E-state index in [1.165, 1.54) is 0 Å². The van der Waals surface area contributed by atoms with Gasteiger partial charge in [0.05, 0.1) is 19.4 Å². The molecule has 0 atom stereocenters. The molecule has 25 heavy (non-hydrogen) atoms. The number of hydrogen-bond donors (Lipinski definition) is 1. The Morgan fingerprint density at radius 3 is 2.92 bits per heavy atom. The van der Waals surface area contributed by atoms with Crippen molar-refractivity contribution in [3.8, 4) is 0 Å². The van der Waals surface area contributed by atoms with E-state index in [0.29, 0.717) is 32.6 Å². The summed E-state index contributed by atoms with van der Waals surface area (Å²) in [6.07, 6.45) is 3.99. The maximum atomic E-state index is 12.6. The van der Waals surface area contributed by atoms with Crippen LogP contribution in [0.4, 0.5) is 4.79 Å². The Balaban J connectivity index is 1.48. The molecular weight excluding hydrogens is 338 g/mol. The number of carbonyl (C=O) groups excluding carboxylic acids is 2. The molecule has 0 bridgehead atoms. The smallest absolute Gasteiger partial charge is 0.318 e. The third kappa shape index (κ3) is 5.09. The molecule has 1 N–H and O–H groups in total. The third-order valence-electron chi connectivity index (χ3n) is 4.19. The number of amides is 3. The molecule has 0 aromatic carbocycles. The number of likely N-dealkylation sites (tertiary alicyclic amines) is 1. The van der Waals surface area contributed by atoms with Crippen molar-refractivity contribution in [3.63, 3.8) is 0 Å². The van der Waals surface area contributed by atoms with Crippen LogP contribution in [0.1, 0.15) is 29.9 Å². The van der Waals surface area contributed by atoms with Crippen molar-refractivity contribution in [2.45, 2.75) is 32.4 Å². The highest BCUT2D eigenvalue weighted by Crippen LogP contribution is 2.15. The lowest BCUT2D eigenvalue weighted by Gasteiger charge is -2.22. The van der Waals surface area contributed by atoms with Crippen LogP contribution < -0.4 is 5.32 Å². The molecular formula is C18H23N3O3S. The van der Waals surface area contributed by atoms with Gasteiger partial charge in [-0.1, -0.05) is 6.07 Å². The van der Waals surface area contributed by atoms with Gasteiger partial charge in [-0.05, 0) is 36.4 Å². The number of urea groups is 1. The molecule has 1 aliphatic heterocycles. The van der Waals surface area contributed by atoms with Crippen LogP contribution in [0, 0.1) is 0 Å². The summed E-state index contributed by atoms with van der Waals surface area (Å²) in [5.41, 5.74) is 0. The Labute approximate surface area is 151 Å². The molecule has 0 radical (unpaired) electrons. The van der Waals surface area contributed by atoms with Crippen molar-refractivity contribution >= 4 is 23.3 Å². The fraction of sp³-hybridized carbons (Fsp3) is 0.444. The second-order valence-corrected chi connectivity index (χ2v) is 7.12. The molecule has 7 heteroatoms. The van der Waals surface area contributed by atoms with Crippen LogP contribution in [0.3, 0.4) is 0 Å². The molecule has 134 valence electrons. The van der Waals surface area contributed by atoms with Gasteiger partial charge < -0.3 is 19.5 Å². The lowest BCUT2D eigenvalue weighted by Crippen LogP contribution is -2.40. The predicted molar refractivity (Wildman–Crippen MR) is 96.1 cm³/mol. The van der Waals surface area contributed by atoms with Crippen LogP contribution >= 0.6 is 11.3 Å². The molecule has 1 saturated heterocycles. The van der Waals surface area contributed by atoms with Gasteiger partial charge in [0.2, 0.25) is 5.91 Å². The third-order valence-corrected chi connectivity index (χ3v) is 5.05. The Morgan fingerprint density at radius 2 is 2.24 bits per heavy atom. The van der Waals surface area contributed by atoms with Crippen LogP contribution in [0.15, 0.2) is 40.3 Å². The van der Waals surface area contributed by atoms with Gasteiger partial charge >= 0.3 is 6.03 Å². The minimum Gasteiger partial charge on any atom is -0.467 e. The molecule has 1 aliphatic rings. The van der Waals surface area contributed by atoms with Gasteiger partial charge in [-0.25, -0.2) is 4.79 Å². The fourth-order valence-electron chi connectivity index (χ4n) is 2.90. The number of furan rings is 1. The van der Waals surface area contributed by atoms with Gasteiger partial charge in [-0.3, -0.25) is 4.79 Å². The maximum Gasteiger partial charge on any atom is 0.318 e. The summed E-state index contributed by atoms with van der Waals surface area (Å²) < 4.78 is 5.38. The predicted octanol–water partition coefficient (Wildman–Crippen LogP) is 3.07. The van der Waals surface area contributed by atoms with Crippen LogP contribution in [-0.4, -0.2) is 41.4 Å². The van der Waals surface area contributed by atoms with E-state index in [1.54, 1.807) is 22.5 Å². The lowest BCUT2D eigenvalue weighted by molar-refractivity contribution is -0.127. The van der Waals surface area contributed by atoms with Crippen molar-refractivity contribution in [2.75, 3.05) is 19.6 Å². The van der Waals surface area contributed by atoms with Gasteiger partial charge in [-0.15, -0.1) is 11.3 Å². The first-order chi connectivity index (χ1) is 12.2. The van der Waals surface area contributed by atoms with Crippen molar-refractivity contribution in [2.24, 2.45) is 0 Å². The van der Waals surface area contributed by atoms with Crippen molar-refractivity contribution in [1.82, 2.24) is 15.1 Å². The van der Waals surface area contributed by atoms with E-state index in [-0.39, 0.29) is 11.9 Å². The van der Waals surface area contributed by atoms with Crippen LogP contribution in [0.5, 0.6) is 0 Å². The van der Waals surface area contributed by atoms with Gasteiger partial charge in [-0.2, -0.15) is 0 Å².